The predicted molar refractivity (Wildman–Crippen MR) is 219 cm³/mol. The van der Waals surface area contributed by atoms with E-state index in [1.165, 1.54) is 60.1 Å². The van der Waals surface area contributed by atoms with Crippen molar-refractivity contribution in [3.63, 3.8) is 0 Å². The highest BCUT2D eigenvalue weighted by Crippen LogP contribution is 2.45. The summed E-state index contributed by atoms with van der Waals surface area (Å²) in [5.41, 5.74) is 12.5. The Hall–Kier alpha value is -6.90. The number of fused-ring (bicyclic) bond motifs is 8. The van der Waals surface area contributed by atoms with Gasteiger partial charge in [0.15, 0.2) is 0 Å². The van der Waals surface area contributed by atoms with E-state index in [0.29, 0.717) is 0 Å². The van der Waals surface area contributed by atoms with Crippen LogP contribution in [0.3, 0.4) is 0 Å². The van der Waals surface area contributed by atoms with Crippen molar-refractivity contribution < 1.29 is 4.42 Å². The maximum atomic E-state index is 6.50. The summed E-state index contributed by atoms with van der Waals surface area (Å²) in [5.74, 6) is 0. The van der Waals surface area contributed by atoms with Crippen molar-refractivity contribution in [1.82, 2.24) is 4.57 Å². The molecule has 0 aliphatic rings. The van der Waals surface area contributed by atoms with E-state index in [1.54, 1.807) is 0 Å². The molecule has 0 atom stereocenters. The molecule has 0 amide bonds. The fourth-order valence-corrected chi connectivity index (χ4v) is 8.53. The highest BCUT2D eigenvalue weighted by Gasteiger charge is 2.20. The molecule has 2 heteroatoms. The van der Waals surface area contributed by atoms with E-state index in [9.17, 15) is 0 Å². The van der Waals surface area contributed by atoms with Gasteiger partial charge in [-0.05, 0) is 79.7 Å². The van der Waals surface area contributed by atoms with E-state index >= 15 is 0 Å². The van der Waals surface area contributed by atoms with Gasteiger partial charge in [-0.25, -0.2) is 0 Å². The van der Waals surface area contributed by atoms with E-state index in [2.05, 4.69) is 187 Å². The Morgan fingerprint density at radius 3 is 1.63 bits per heavy atom. The first kappa shape index (κ1) is 28.9. The predicted octanol–water partition coefficient (Wildman–Crippen LogP) is 14.0. The SMILES string of the molecule is c1ccc(-c2c3ccccc3c(-c3ccccc3)c3cc(-n4c5ccccc5c5ccc(-c6cccc7c6oc6ccccc67)cc54)ccc23)cc1. The van der Waals surface area contributed by atoms with Crippen molar-refractivity contribution in [2.75, 3.05) is 0 Å². The van der Waals surface area contributed by atoms with Crippen LogP contribution in [0.1, 0.15) is 0 Å². The Balaban J connectivity index is 1.23. The lowest BCUT2D eigenvalue weighted by Gasteiger charge is -2.19. The zero-order valence-electron chi connectivity index (χ0n) is 28.3. The number of hydrogen-bond acceptors (Lipinski definition) is 1. The Labute approximate surface area is 300 Å². The van der Waals surface area contributed by atoms with Crippen molar-refractivity contribution in [2.24, 2.45) is 0 Å². The molecule has 242 valence electrons. The van der Waals surface area contributed by atoms with Gasteiger partial charge in [0.1, 0.15) is 11.2 Å². The highest BCUT2D eigenvalue weighted by atomic mass is 16.3. The number of para-hydroxylation sites is 3. The molecule has 11 rings (SSSR count). The monoisotopic (exact) mass is 661 g/mol. The van der Waals surface area contributed by atoms with Crippen LogP contribution in [0.25, 0.3) is 104 Å². The normalized spacial score (nSPS) is 11.8. The largest absolute Gasteiger partial charge is 0.455 e. The minimum absolute atomic E-state index is 0.910. The summed E-state index contributed by atoms with van der Waals surface area (Å²) >= 11 is 0. The third kappa shape index (κ3) is 4.25. The fraction of sp³-hybridized carbons (Fsp3) is 0. The third-order valence-electron chi connectivity index (χ3n) is 10.8. The van der Waals surface area contributed by atoms with Gasteiger partial charge in [-0.1, -0.05) is 158 Å². The molecule has 2 heterocycles. The van der Waals surface area contributed by atoms with E-state index in [-0.39, 0.29) is 0 Å². The number of aromatic nitrogens is 1. The Bertz CT molecular complexity index is 3170. The van der Waals surface area contributed by atoms with Crippen LogP contribution >= 0.6 is 0 Å². The first-order chi connectivity index (χ1) is 25.8. The minimum atomic E-state index is 0.910. The first-order valence-electron chi connectivity index (χ1n) is 17.9. The lowest BCUT2D eigenvalue weighted by molar-refractivity contribution is 0.670. The zero-order chi connectivity index (χ0) is 34.2. The molecule has 9 aromatic carbocycles. The van der Waals surface area contributed by atoms with Crippen LogP contribution in [0.15, 0.2) is 192 Å². The molecule has 11 aromatic rings. The molecular weight excluding hydrogens is 631 g/mol. The van der Waals surface area contributed by atoms with E-state index in [0.717, 1.165) is 44.3 Å². The molecule has 0 radical (unpaired) electrons. The van der Waals surface area contributed by atoms with Crippen molar-refractivity contribution in [3.8, 4) is 39.1 Å². The van der Waals surface area contributed by atoms with Crippen LogP contribution in [0.5, 0.6) is 0 Å². The maximum absolute atomic E-state index is 6.50. The quantitative estimate of drug-likeness (QED) is 0.172. The molecule has 2 nitrogen and oxygen atoms in total. The number of hydrogen-bond donors (Lipinski definition) is 0. The Morgan fingerprint density at radius 1 is 0.327 bits per heavy atom. The smallest absolute Gasteiger partial charge is 0.143 e. The molecule has 0 saturated carbocycles. The summed E-state index contributed by atoms with van der Waals surface area (Å²) < 4.78 is 8.95. The Morgan fingerprint density at radius 2 is 0.885 bits per heavy atom. The molecule has 0 aliphatic heterocycles. The topological polar surface area (TPSA) is 18.1 Å². The van der Waals surface area contributed by atoms with Crippen LogP contribution in [0.4, 0.5) is 0 Å². The molecular formula is C50H31NO. The van der Waals surface area contributed by atoms with Gasteiger partial charge in [0.25, 0.3) is 0 Å². The van der Waals surface area contributed by atoms with Gasteiger partial charge < -0.3 is 8.98 Å². The average Bonchev–Trinajstić information content (AvgIpc) is 3.76. The van der Waals surface area contributed by atoms with Gasteiger partial charge in [-0.2, -0.15) is 0 Å². The second kappa shape index (κ2) is 11.3. The van der Waals surface area contributed by atoms with Crippen LogP contribution in [0.2, 0.25) is 0 Å². The van der Waals surface area contributed by atoms with Crippen molar-refractivity contribution in [2.45, 2.75) is 0 Å². The lowest BCUT2D eigenvalue weighted by Crippen LogP contribution is -1.96. The molecule has 52 heavy (non-hydrogen) atoms. The summed E-state index contributed by atoms with van der Waals surface area (Å²) in [6, 6.07) is 68.0. The highest BCUT2D eigenvalue weighted by molar-refractivity contribution is 6.22. The molecule has 0 unspecified atom stereocenters. The standard InChI is InChI=1S/C50H31NO/c1-3-14-32(15-4-1)48-40-20-7-8-21-41(40)49(33-16-5-2-6-17-33)44-31-35(27-29-42(44)48)51-45-24-11-9-18-37(45)38-28-26-34(30-46(38)51)36-22-13-23-43-39-19-10-12-25-47(39)52-50(36)43/h1-31H. The van der Waals surface area contributed by atoms with Crippen molar-refractivity contribution in [1.29, 1.82) is 0 Å². The van der Waals surface area contributed by atoms with Crippen molar-refractivity contribution >= 4 is 65.3 Å². The molecule has 0 aliphatic carbocycles. The second-order valence-electron chi connectivity index (χ2n) is 13.6. The first-order valence-corrected chi connectivity index (χ1v) is 17.9. The van der Waals surface area contributed by atoms with E-state index in [1.807, 2.05) is 6.07 Å². The maximum Gasteiger partial charge on any atom is 0.143 e. The summed E-state index contributed by atoms with van der Waals surface area (Å²) in [6.45, 7) is 0. The fourth-order valence-electron chi connectivity index (χ4n) is 8.53. The molecule has 0 bridgehead atoms. The van der Waals surface area contributed by atoms with Gasteiger partial charge in [0.05, 0.1) is 11.0 Å². The van der Waals surface area contributed by atoms with Gasteiger partial charge in [-0.15, -0.1) is 0 Å². The van der Waals surface area contributed by atoms with Crippen LogP contribution in [0, 0.1) is 0 Å². The van der Waals surface area contributed by atoms with Gasteiger partial charge in [0.2, 0.25) is 0 Å². The van der Waals surface area contributed by atoms with Crippen LogP contribution in [-0.2, 0) is 0 Å². The van der Waals surface area contributed by atoms with E-state index in [4.69, 9.17) is 4.42 Å². The lowest BCUT2D eigenvalue weighted by atomic mass is 9.86. The third-order valence-corrected chi connectivity index (χ3v) is 10.8. The van der Waals surface area contributed by atoms with Gasteiger partial charge in [0, 0.05) is 32.8 Å². The number of nitrogens with zero attached hydrogens (tertiary/aromatic N) is 1. The van der Waals surface area contributed by atoms with Gasteiger partial charge in [-0.3, -0.25) is 0 Å². The molecule has 0 saturated heterocycles. The number of rotatable bonds is 4. The van der Waals surface area contributed by atoms with E-state index < -0.39 is 0 Å². The second-order valence-corrected chi connectivity index (χ2v) is 13.6. The van der Waals surface area contributed by atoms with Crippen LogP contribution < -0.4 is 0 Å². The summed E-state index contributed by atoms with van der Waals surface area (Å²) in [7, 11) is 0. The Kier molecular flexibility index (Phi) is 6.28. The molecule has 0 N–H and O–H groups in total. The molecule has 2 aromatic heterocycles. The zero-order valence-corrected chi connectivity index (χ0v) is 28.3. The van der Waals surface area contributed by atoms with Gasteiger partial charge >= 0.3 is 0 Å². The van der Waals surface area contributed by atoms with Crippen LogP contribution in [-0.4, -0.2) is 4.57 Å². The summed E-state index contributed by atoms with van der Waals surface area (Å²) in [5, 5.41) is 9.72. The molecule has 0 fully saturated rings. The average molecular weight is 662 g/mol. The summed E-state index contributed by atoms with van der Waals surface area (Å²) in [4.78, 5) is 0. The number of benzene rings is 9. The number of furan rings is 1. The van der Waals surface area contributed by atoms with Crippen molar-refractivity contribution in [3.05, 3.63) is 188 Å². The summed E-state index contributed by atoms with van der Waals surface area (Å²) in [6.07, 6.45) is 0. The minimum Gasteiger partial charge on any atom is -0.455 e. The molecule has 0 spiro atoms.